The van der Waals surface area contributed by atoms with Crippen LogP contribution in [0.25, 0.3) is 28.6 Å². The number of rotatable bonds is 4. The topological polar surface area (TPSA) is 81.2 Å². The van der Waals surface area contributed by atoms with E-state index in [2.05, 4.69) is 15.3 Å². The van der Waals surface area contributed by atoms with Gasteiger partial charge in [-0.1, -0.05) is 0 Å². The lowest BCUT2D eigenvalue weighted by atomic mass is 10.2. The standard InChI is InChI=1S/C19H13N3O3/c23-18(6-4-15-2-1-11-24-15)21-14-3-5-17-16(12-14)22-19(25-17)13-7-9-20-10-8-13/h1-12H,(H,21,23)/b6-4+. The fourth-order valence-electron chi connectivity index (χ4n) is 2.35. The molecule has 0 radical (unpaired) electrons. The number of benzene rings is 1. The fourth-order valence-corrected chi connectivity index (χ4v) is 2.35. The van der Waals surface area contributed by atoms with Crippen LogP contribution < -0.4 is 5.32 Å². The SMILES string of the molecule is O=C(/C=C/c1ccco1)Nc1ccc2oc(-c3ccncc3)nc2c1. The summed E-state index contributed by atoms with van der Waals surface area (Å²) < 4.78 is 10.9. The second kappa shape index (κ2) is 6.45. The molecule has 0 bridgehead atoms. The summed E-state index contributed by atoms with van der Waals surface area (Å²) in [6.45, 7) is 0. The monoisotopic (exact) mass is 331 g/mol. The molecule has 0 atom stereocenters. The van der Waals surface area contributed by atoms with Crippen LogP contribution in [0.2, 0.25) is 0 Å². The zero-order valence-corrected chi connectivity index (χ0v) is 13.0. The third-order valence-electron chi connectivity index (χ3n) is 3.52. The number of pyridine rings is 1. The van der Waals surface area contributed by atoms with E-state index in [-0.39, 0.29) is 5.91 Å². The zero-order chi connectivity index (χ0) is 17.1. The van der Waals surface area contributed by atoms with Gasteiger partial charge in [-0.15, -0.1) is 0 Å². The third kappa shape index (κ3) is 3.32. The van der Waals surface area contributed by atoms with Gasteiger partial charge in [-0.2, -0.15) is 0 Å². The van der Waals surface area contributed by atoms with E-state index in [4.69, 9.17) is 8.83 Å². The first-order valence-corrected chi connectivity index (χ1v) is 7.61. The molecule has 0 fully saturated rings. The predicted octanol–water partition coefficient (Wildman–Crippen LogP) is 4.13. The van der Waals surface area contributed by atoms with Gasteiger partial charge in [0.2, 0.25) is 11.8 Å². The first kappa shape index (κ1) is 14.9. The van der Waals surface area contributed by atoms with Crippen molar-refractivity contribution in [2.24, 2.45) is 0 Å². The zero-order valence-electron chi connectivity index (χ0n) is 13.0. The maximum absolute atomic E-state index is 12.0. The molecule has 1 N–H and O–H groups in total. The van der Waals surface area contributed by atoms with Crippen LogP contribution in [0, 0.1) is 0 Å². The third-order valence-corrected chi connectivity index (χ3v) is 3.52. The molecule has 1 aromatic carbocycles. The maximum atomic E-state index is 12.0. The summed E-state index contributed by atoms with van der Waals surface area (Å²) in [7, 11) is 0. The Balaban J connectivity index is 1.54. The van der Waals surface area contributed by atoms with Crippen molar-refractivity contribution in [1.29, 1.82) is 0 Å². The number of amides is 1. The highest BCUT2D eigenvalue weighted by atomic mass is 16.3. The molecular formula is C19H13N3O3. The average molecular weight is 331 g/mol. The van der Waals surface area contributed by atoms with Gasteiger partial charge < -0.3 is 14.2 Å². The molecule has 122 valence electrons. The van der Waals surface area contributed by atoms with Crippen LogP contribution in [0.4, 0.5) is 5.69 Å². The van der Waals surface area contributed by atoms with Crippen LogP contribution in [-0.2, 0) is 4.79 Å². The number of carbonyl (C=O) groups is 1. The molecule has 0 aliphatic carbocycles. The molecule has 1 amide bonds. The number of hydrogen-bond donors (Lipinski definition) is 1. The average Bonchev–Trinajstić information content (AvgIpc) is 3.30. The number of oxazole rings is 1. The van der Waals surface area contributed by atoms with Crippen molar-refractivity contribution >= 4 is 28.8 Å². The van der Waals surface area contributed by atoms with E-state index in [1.54, 1.807) is 55.1 Å². The Morgan fingerprint density at radius 2 is 2.00 bits per heavy atom. The van der Waals surface area contributed by atoms with Crippen LogP contribution in [0.5, 0.6) is 0 Å². The molecule has 4 aromatic rings. The van der Waals surface area contributed by atoms with Gasteiger partial charge in [0.1, 0.15) is 11.3 Å². The highest BCUT2D eigenvalue weighted by molar-refractivity contribution is 6.02. The van der Waals surface area contributed by atoms with Crippen molar-refractivity contribution in [1.82, 2.24) is 9.97 Å². The van der Waals surface area contributed by atoms with Crippen molar-refractivity contribution in [3.05, 3.63) is 73.0 Å². The molecular weight excluding hydrogens is 318 g/mol. The van der Waals surface area contributed by atoms with E-state index in [0.717, 1.165) is 5.56 Å². The number of nitrogens with one attached hydrogen (secondary N) is 1. The van der Waals surface area contributed by atoms with E-state index in [1.807, 2.05) is 12.1 Å². The molecule has 0 unspecified atom stereocenters. The van der Waals surface area contributed by atoms with Crippen molar-refractivity contribution in [2.45, 2.75) is 0 Å². The number of furan rings is 1. The van der Waals surface area contributed by atoms with Gasteiger partial charge in [0.25, 0.3) is 0 Å². The van der Waals surface area contributed by atoms with Crippen LogP contribution >= 0.6 is 0 Å². The summed E-state index contributed by atoms with van der Waals surface area (Å²) in [6, 6.07) is 12.5. The van der Waals surface area contributed by atoms with Crippen molar-refractivity contribution in [3.63, 3.8) is 0 Å². The summed E-state index contributed by atoms with van der Waals surface area (Å²) in [5.41, 5.74) is 2.80. The smallest absolute Gasteiger partial charge is 0.248 e. The summed E-state index contributed by atoms with van der Waals surface area (Å²) >= 11 is 0. The minimum atomic E-state index is -0.256. The number of aromatic nitrogens is 2. The maximum Gasteiger partial charge on any atom is 0.248 e. The normalized spacial score (nSPS) is 11.2. The lowest BCUT2D eigenvalue weighted by molar-refractivity contribution is -0.111. The predicted molar refractivity (Wildman–Crippen MR) is 93.6 cm³/mol. The molecule has 0 saturated heterocycles. The van der Waals surface area contributed by atoms with E-state index in [0.29, 0.717) is 28.4 Å². The van der Waals surface area contributed by atoms with Gasteiger partial charge in [0.05, 0.1) is 6.26 Å². The Kier molecular flexibility index (Phi) is 3.84. The molecule has 0 saturated carbocycles. The van der Waals surface area contributed by atoms with E-state index >= 15 is 0 Å². The molecule has 0 aliphatic heterocycles. The van der Waals surface area contributed by atoms with Gasteiger partial charge in [0, 0.05) is 29.7 Å². The van der Waals surface area contributed by atoms with Crippen LogP contribution in [0.1, 0.15) is 5.76 Å². The molecule has 3 heterocycles. The summed E-state index contributed by atoms with van der Waals surface area (Å²) in [5.74, 6) is 0.872. The molecule has 4 rings (SSSR count). The number of anilines is 1. The number of fused-ring (bicyclic) bond motifs is 1. The minimum Gasteiger partial charge on any atom is -0.465 e. The quantitative estimate of drug-likeness (QED) is 0.569. The Bertz CT molecular complexity index is 1030. The van der Waals surface area contributed by atoms with Crippen molar-refractivity contribution in [3.8, 4) is 11.5 Å². The lowest BCUT2D eigenvalue weighted by Gasteiger charge is -2.00. The van der Waals surface area contributed by atoms with Gasteiger partial charge in [-0.05, 0) is 48.5 Å². The molecule has 0 spiro atoms. The lowest BCUT2D eigenvalue weighted by Crippen LogP contribution is -2.07. The second-order valence-corrected chi connectivity index (χ2v) is 5.28. The van der Waals surface area contributed by atoms with Gasteiger partial charge in [-0.25, -0.2) is 4.98 Å². The molecule has 6 nitrogen and oxygen atoms in total. The van der Waals surface area contributed by atoms with Gasteiger partial charge in [-0.3, -0.25) is 9.78 Å². The molecule has 25 heavy (non-hydrogen) atoms. The molecule has 6 heteroatoms. The molecule has 0 aliphatic rings. The largest absolute Gasteiger partial charge is 0.465 e. The number of hydrogen-bond acceptors (Lipinski definition) is 5. The van der Waals surface area contributed by atoms with Gasteiger partial charge >= 0.3 is 0 Å². The Morgan fingerprint density at radius 3 is 2.80 bits per heavy atom. The van der Waals surface area contributed by atoms with E-state index in [1.165, 1.54) is 6.08 Å². The summed E-state index contributed by atoms with van der Waals surface area (Å²) in [5, 5.41) is 2.79. The fraction of sp³-hybridized carbons (Fsp3) is 0. The Morgan fingerprint density at radius 1 is 1.12 bits per heavy atom. The van der Waals surface area contributed by atoms with Crippen molar-refractivity contribution in [2.75, 3.05) is 5.32 Å². The Labute approximate surface area is 142 Å². The number of carbonyl (C=O) groups excluding carboxylic acids is 1. The summed E-state index contributed by atoms with van der Waals surface area (Å²) in [6.07, 6.45) is 7.93. The second-order valence-electron chi connectivity index (χ2n) is 5.28. The minimum absolute atomic E-state index is 0.256. The van der Waals surface area contributed by atoms with E-state index in [9.17, 15) is 4.79 Å². The summed E-state index contributed by atoms with van der Waals surface area (Å²) in [4.78, 5) is 20.4. The van der Waals surface area contributed by atoms with E-state index < -0.39 is 0 Å². The molecule has 3 aromatic heterocycles. The Hall–Kier alpha value is -3.67. The highest BCUT2D eigenvalue weighted by Crippen LogP contribution is 2.25. The highest BCUT2D eigenvalue weighted by Gasteiger charge is 2.09. The van der Waals surface area contributed by atoms with Crippen LogP contribution in [0.15, 0.2) is 76.0 Å². The first-order valence-electron chi connectivity index (χ1n) is 7.61. The number of nitrogens with zero attached hydrogens (tertiary/aromatic N) is 2. The van der Waals surface area contributed by atoms with Crippen molar-refractivity contribution < 1.29 is 13.6 Å². The first-order chi connectivity index (χ1) is 12.3. The van der Waals surface area contributed by atoms with Crippen LogP contribution in [0.3, 0.4) is 0 Å². The van der Waals surface area contributed by atoms with Crippen LogP contribution in [-0.4, -0.2) is 15.9 Å². The van der Waals surface area contributed by atoms with Gasteiger partial charge in [0.15, 0.2) is 5.58 Å².